The number of esters is 1. The van der Waals surface area contributed by atoms with Gasteiger partial charge in [-0.15, -0.1) is 0 Å². The van der Waals surface area contributed by atoms with Gasteiger partial charge in [0.1, 0.15) is 0 Å². The first kappa shape index (κ1) is 19.3. The number of aliphatic hydroxyl groups is 1. The van der Waals surface area contributed by atoms with Gasteiger partial charge in [0, 0.05) is 24.3 Å². The average Bonchev–Trinajstić information content (AvgIpc) is 2.07. The second kappa shape index (κ2) is 12.7. The van der Waals surface area contributed by atoms with Crippen LogP contribution in [0.1, 0.15) is 26.2 Å². The molecule has 0 spiro atoms. The second-order valence-corrected chi connectivity index (χ2v) is 2.63. The van der Waals surface area contributed by atoms with Crippen molar-refractivity contribution in [2.75, 3.05) is 7.11 Å². The number of carbonyl (C=O) groups excluding carboxylic acids is 1. The van der Waals surface area contributed by atoms with Gasteiger partial charge >= 0.3 is 5.97 Å². The number of hydrogen-bond acceptors (Lipinski definition) is 3. The normalized spacial score (nSPS) is 17.8. The smallest absolute Gasteiger partial charge is 0.302 e. The summed E-state index contributed by atoms with van der Waals surface area (Å²) in [5, 5.41) is 8.86. The van der Waals surface area contributed by atoms with E-state index in [-0.39, 0.29) is 36.9 Å². The quantitative estimate of drug-likeness (QED) is 0.397. The molecule has 4 heteroatoms. The summed E-state index contributed by atoms with van der Waals surface area (Å²) >= 11 is 0. The fourth-order valence-electron chi connectivity index (χ4n) is 0.778. The zero-order valence-electron chi connectivity index (χ0n) is 9.03. The van der Waals surface area contributed by atoms with Gasteiger partial charge in [-0.1, -0.05) is 12.2 Å². The van der Waals surface area contributed by atoms with Crippen LogP contribution >= 0.6 is 0 Å². The Kier molecular flexibility index (Phi) is 17.5. The minimum Gasteiger partial charge on any atom is -0.469 e. The van der Waals surface area contributed by atoms with Crippen LogP contribution in [0.15, 0.2) is 12.2 Å². The second-order valence-electron chi connectivity index (χ2n) is 2.63. The van der Waals surface area contributed by atoms with Crippen molar-refractivity contribution in [3.63, 3.8) is 0 Å². The fourth-order valence-corrected chi connectivity index (χ4v) is 0.778. The molecule has 0 saturated carbocycles. The summed E-state index contributed by atoms with van der Waals surface area (Å²) in [6.45, 7) is 1.36. The maximum absolute atomic E-state index is 9.59. The van der Waals surface area contributed by atoms with Gasteiger partial charge in [-0.2, -0.15) is 0 Å². The van der Waals surface area contributed by atoms with Crippen LogP contribution in [0.3, 0.4) is 0 Å². The Morgan fingerprint density at radius 1 is 1.50 bits per heavy atom. The summed E-state index contributed by atoms with van der Waals surface area (Å²) in [5.41, 5.74) is 0. The summed E-state index contributed by atoms with van der Waals surface area (Å²) in [7, 11) is 1.35. The zero-order valence-corrected chi connectivity index (χ0v) is 10.3. The van der Waals surface area contributed by atoms with Crippen molar-refractivity contribution >= 4 is 5.97 Å². The molecule has 0 aromatic rings. The average molecular weight is 239 g/mol. The maximum Gasteiger partial charge on any atom is 0.302 e. The van der Waals surface area contributed by atoms with E-state index in [0.29, 0.717) is 0 Å². The van der Waals surface area contributed by atoms with E-state index < -0.39 is 0 Å². The summed E-state index contributed by atoms with van der Waals surface area (Å²) in [4.78, 5) is 9.59. The molecular formula is C10H19CrO3-. The molecule has 0 aromatic carbocycles. The maximum atomic E-state index is 9.59. The molecule has 1 atom stereocenters. The van der Waals surface area contributed by atoms with Crippen LogP contribution in [0.2, 0.25) is 0 Å². The van der Waals surface area contributed by atoms with Crippen LogP contribution in [0.5, 0.6) is 0 Å². The molecule has 0 heterocycles. The van der Waals surface area contributed by atoms with E-state index in [1.165, 1.54) is 14.0 Å². The van der Waals surface area contributed by atoms with Crippen LogP contribution in [-0.4, -0.2) is 24.3 Å². The third-order valence-corrected chi connectivity index (χ3v) is 1.53. The third kappa shape index (κ3) is 14.2. The Balaban J connectivity index is -0.000000159. The number of rotatable bonds is 0. The Morgan fingerprint density at radius 3 is 2.14 bits per heavy atom. The van der Waals surface area contributed by atoms with Gasteiger partial charge in [0.25, 0.3) is 0 Å². The monoisotopic (exact) mass is 239 g/mol. The van der Waals surface area contributed by atoms with Crippen LogP contribution in [-0.2, 0) is 26.9 Å². The molecule has 84 valence electrons. The molecule has 0 saturated heterocycles. The molecule has 1 aliphatic carbocycles. The molecule has 1 unspecified atom stereocenters. The van der Waals surface area contributed by atoms with E-state index >= 15 is 0 Å². The van der Waals surface area contributed by atoms with Gasteiger partial charge in [0.05, 0.1) is 13.2 Å². The zero-order chi connectivity index (χ0) is 9.40. The van der Waals surface area contributed by atoms with E-state index in [0.717, 1.165) is 19.3 Å². The molecular weight excluding hydrogens is 220 g/mol. The predicted octanol–water partition coefficient (Wildman–Crippen LogP) is 1.71. The molecule has 1 rings (SSSR count). The molecule has 0 bridgehead atoms. The largest absolute Gasteiger partial charge is 0.469 e. The van der Waals surface area contributed by atoms with Crippen LogP contribution in [0, 0.1) is 7.43 Å². The van der Waals surface area contributed by atoms with E-state index in [1.54, 1.807) is 0 Å². The Morgan fingerprint density at radius 2 is 2.00 bits per heavy atom. The molecule has 14 heavy (non-hydrogen) atoms. The van der Waals surface area contributed by atoms with Gasteiger partial charge in [-0.25, -0.2) is 0 Å². The van der Waals surface area contributed by atoms with Gasteiger partial charge in [0.15, 0.2) is 0 Å². The SMILES string of the molecule is COC(C)=O.OC1CC=CCC1.[CH3-].[Cr]. The first-order valence-corrected chi connectivity index (χ1v) is 4.04. The number of hydrogen-bond donors (Lipinski definition) is 1. The van der Waals surface area contributed by atoms with Crippen molar-refractivity contribution < 1.29 is 32.0 Å². The standard InChI is InChI=1S/C6H10O.C3H6O2.CH3.Cr/c7-6-4-2-1-3-5-6;1-3(4)5-2;;/h1-2,6-7H,3-5H2;1-2H3;1H3;/q;;-1;. The number of methoxy groups -OCH3 is 1. The number of ether oxygens (including phenoxy) is 1. The molecule has 0 aliphatic heterocycles. The molecule has 0 amide bonds. The molecule has 0 radical (unpaired) electrons. The van der Waals surface area contributed by atoms with Gasteiger partial charge in [0.2, 0.25) is 0 Å². The summed E-state index contributed by atoms with van der Waals surface area (Å²) in [5.74, 6) is -0.245. The first-order valence-electron chi connectivity index (χ1n) is 4.04. The number of aliphatic hydroxyl groups excluding tert-OH is 1. The fraction of sp³-hybridized carbons (Fsp3) is 0.600. The number of carbonyl (C=O) groups is 1. The van der Waals surface area contributed by atoms with Crippen molar-refractivity contribution in [2.24, 2.45) is 0 Å². The van der Waals surface area contributed by atoms with Crippen LogP contribution < -0.4 is 0 Å². The molecule has 1 aliphatic rings. The van der Waals surface area contributed by atoms with Crippen LogP contribution in [0.4, 0.5) is 0 Å². The number of allylic oxidation sites excluding steroid dienone is 1. The Bertz CT molecular complexity index is 157. The third-order valence-electron chi connectivity index (χ3n) is 1.53. The molecule has 0 aromatic heterocycles. The molecule has 3 nitrogen and oxygen atoms in total. The minimum atomic E-state index is -0.245. The first-order chi connectivity index (χ1) is 5.66. The molecule has 0 fully saturated rings. The van der Waals surface area contributed by atoms with Gasteiger partial charge < -0.3 is 17.3 Å². The van der Waals surface area contributed by atoms with Crippen molar-refractivity contribution in [2.45, 2.75) is 32.3 Å². The Hall–Kier alpha value is -0.298. The van der Waals surface area contributed by atoms with Crippen molar-refractivity contribution in [3.8, 4) is 0 Å². The summed E-state index contributed by atoms with van der Waals surface area (Å²) < 4.78 is 4.11. The van der Waals surface area contributed by atoms with Gasteiger partial charge in [-0.3, -0.25) is 4.79 Å². The summed E-state index contributed by atoms with van der Waals surface area (Å²) in [6.07, 6.45) is 6.98. The van der Waals surface area contributed by atoms with Crippen LogP contribution in [0.25, 0.3) is 0 Å². The van der Waals surface area contributed by atoms with Crippen molar-refractivity contribution in [3.05, 3.63) is 19.6 Å². The van der Waals surface area contributed by atoms with E-state index in [4.69, 9.17) is 5.11 Å². The van der Waals surface area contributed by atoms with E-state index in [1.807, 2.05) is 6.08 Å². The van der Waals surface area contributed by atoms with Crippen molar-refractivity contribution in [1.29, 1.82) is 0 Å². The predicted molar refractivity (Wildman–Crippen MR) is 53.1 cm³/mol. The topological polar surface area (TPSA) is 46.5 Å². The Labute approximate surface area is 97.3 Å². The van der Waals surface area contributed by atoms with E-state index in [9.17, 15) is 4.79 Å². The molecule has 1 N–H and O–H groups in total. The minimum absolute atomic E-state index is 0. The van der Waals surface area contributed by atoms with E-state index in [2.05, 4.69) is 10.8 Å². The van der Waals surface area contributed by atoms with Gasteiger partial charge in [-0.05, 0) is 19.3 Å². The van der Waals surface area contributed by atoms with Crippen molar-refractivity contribution in [1.82, 2.24) is 0 Å². The summed E-state index contributed by atoms with van der Waals surface area (Å²) in [6, 6.07) is 0.